The van der Waals surface area contributed by atoms with Crippen molar-refractivity contribution in [3.63, 3.8) is 0 Å². The van der Waals surface area contributed by atoms with Gasteiger partial charge in [0.15, 0.2) is 11.6 Å². The SMILES string of the molecule is COc1cccc(OC)c1C(=O)N1CCN(C(=O)C[C@@H](N)C(I)c2ccc(F)c(F)c2)CC1. The van der Waals surface area contributed by atoms with Crippen LogP contribution < -0.4 is 15.2 Å². The zero-order chi connectivity index (χ0) is 24.1. The zero-order valence-electron chi connectivity index (χ0n) is 18.4. The molecule has 2 N–H and O–H groups in total. The van der Waals surface area contributed by atoms with Gasteiger partial charge in [0.1, 0.15) is 17.1 Å². The lowest BCUT2D eigenvalue weighted by Crippen LogP contribution is -2.51. The fourth-order valence-electron chi connectivity index (χ4n) is 3.74. The molecule has 178 valence electrons. The highest BCUT2D eigenvalue weighted by Gasteiger charge is 2.30. The number of alkyl halides is 1. The van der Waals surface area contributed by atoms with Crippen LogP contribution in [0.4, 0.5) is 8.78 Å². The second-order valence-electron chi connectivity index (χ2n) is 7.65. The van der Waals surface area contributed by atoms with E-state index in [4.69, 9.17) is 15.2 Å². The lowest BCUT2D eigenvalue weighted by atomic mass is 10.0. The minimum atomic E-state index is -0.944. The molecule has 2 atom stereocenters. The Kier molecular flexibility index (Phi) is 8.46. The van der Waals surface area contributed by atoms with E-state index in [1.165, 1.54) is 20.3 Å². The summed E-state index contributed by atoms with van der Waals surface area (Å²) in [6.07, 6.45) is 0.0564. The first kappa shape index (κ1) is 25.2. The largest absolute Gasteiger partial charge is 0.496 e. The van der Waals surface area contributed by atoms with E-state index in [1.54, 1.807) is 28.0 Å². The second-order valence-corrected chi connectivity index (χ2v) is 9.00. The highest BCUT2D eigenvalue weighted by atomic mass is 127. The van der Waals surface area contributed by atoms with E-state index >= 15 is 0 Å². The van der Waals surface area contributed by atoms with E-state index in [0.717, 1.165) is 12.1 Å². The Bertz CT molecular complexity index is 993. The van der Waals surface area contributed by atoms with Crippen LogP contribution in [0, 0.1) is 11.6 Å². The van der Waals surface area contributed by atoms with E-state index in [1.807, 2.05) is 22.6 Å². The van der Waals surface area contributed by atoms with Crippen LogP contribution in [0.3, 0.4) is 0 Å². The fourth-order valence-corrected chi connectivity index (χ4v) is 4.39. The molecule has 2 aromatic carbocycles. The van der Waals surface area contributed by atoms with Gasteiger partial charge in [0.25, 0.3) is 5.91 Å². The summed E-state index contributed by atoms with van der Waals surface area (Å²) in [5.41, 5.74) is 7.07. The quantitative estimate of drug-likeness (QED) is 0.407. The number of carbonyl (C=O) groups excluding carboxylic acids is 2. The average molecular weight is 573 g/mol. The molecule has 1 fully saturated rings. The molecule has 0 spiro atoms. The van der Waals surface area contributed by atoms with Crippen molar-refractivity contribution in [2.24, 2.45) is 5.73 Å². The van der Waals surface area contributed by atoms with Gasteiger partial charge in [-0.25, -0.2) is 8.78 Å². The Morgan fingerprint density at radius 2 is 1.58 bits per heavy atom. The van der Waals surface area contributed by atoms with Crippen LogP contribution in [-0.4, -0.2) is 68.1 Å². The van der Waals surface area contributed by atoms with Gasteiger partial charge < -0.3 is 25.0 Å². The van der Waals surface area contributed by atoms with Crippen molar-refractivity contribution in [2.75, 3.05) is 40.4 Å². The molecule has 1 aliphatic heterocycles. The molecule has 3 rings (SSSR count). The Labute approximate surface area is 204 Å². The smallest absolute Gasteiger partial charge is 0.261 e. The Morgan fingerprint density at radius 1 is 1.00 bits per heavy atom. The first-order valence-electron chi connectivity index (χ1n) is 10.4. The van der Waals surface area contributed by atoms with Crippen molar-refractivity contribution in [1.82, 2.24) is 9.80 Å². The number of hydrogen-bond donors (Lipinski definition) is 1. The Balaban J connectivity index is 1.59. The van der Waals surface area contributed by atoms with Gasteiger partial charge in [-0.15, -0.1) is 0 Å². The van der Waals surface area contributed by atoms with E-state index in [9.17, 15) is 18.4 Å². The first-order chi connectivity index (χ1) is 15.8. The Morgan fingerprint density at radius 3 is 2.12 bits per heavy atom. The molecule has 7 nitrogen and oxygen atoms in total. The topological polar surface area (TPSA) is 85.1 Å². The minimum absolute atomic E-state index is 0.0564. The third-order valence-electron chi connectivity index (χ3n) is 5.61. The normalized spacial score (nSPS) is 15.7. The van der Waals surface area contributed by atoms with Gasteiger partial charge in [-0.3, -0.25) is 9.59 Å². The summed E-state index contributed by atoms with van der Waals surface area (Å²) < 4.78 is 37.0. The van der Waals surface area contributed by atoms with Crippen molar-refractivity contribution in [3.8, 4) is 11.5 Å². The maximum absolute atomic E-state index is 13.5. The van der Waals surface area contributed by atoms with Crippen molar-refractivity contribution in [2.45, 2.75) is 16.4 Å². The predicted molar refractivity (Wildman–Crippen MR) is 128 cm³/mol. The van der Waals surface area contributed by atoms with Crippen molar-refractivity contribution >= 4 is 34.4 Å². The first-order valence-corrected chi connectivity index (χ1v) is 11.6. The summed E-state index contributed by atoms with van der Waals surface area (Å²) in [4.78, 5) is 29.2. The number of halogens is 3. The molecule has 2 aromatic rings. The molecular weight excluding hydrogens is 547 g/mol. The van der Waals surface area contributed by atoms with Crippen LogP contribution in [0.1, 0.15) is 26.3 Å². The van der Waals surface area contributed by atoms with Crippen LogP contribution in [0.15, 0.2) is 36.4 Å². The molecule has 2 amide bonds. The number of methoxy groups -OCH3 is 2. The minimum Gasteiger partial charge on any atom is -0.496 e. The second kappa shape index (κ2) is 11.1. The van der Waals surface area contributed by atoms with Crippen molar-refractivity contribution in [1.29, 1.82) is 0 Å². The van der Waals surface area contributed by atoms with Gasteiger partial charge in [-0.2, -0.15) is 0 Å². The molecule has 1 heterocycles. The summed E-state index contributed by atoms with van der Waals surface area (Å²) in [5, 5.41) is 0. The van der Waals surface area contributed by atoms with Gasteiger partial charge in [-0.1, -0.05) is 34.7 Å². The van der Waals surface area contributed by atoms with E-state index in [-0.39, 0.29) is 22.2 Å². The van der Waals surface area contributed by atoms with E-state index in [0.29, 0.717) is 48.8 Å². The molecule has 1 aliphatic rings. The number of nitrogens with zero attached hydrogens (tertiary/aromatic N) is 2. The maximum atomic E-state index is 13.5. The maximum Gasteiger partial charge on any atom is 0.261 e. The monoisotopic (exact) mass is 573 g/mol. The van der Waals surface area contributed by atoms with Gasteiger partial charge in [0, 0.05) is 38.6 Å². The van der Waals surface area contributed by atoms with Crippen LogP contribution >= 0.6 is 22.6 Å². The summed E-state index contributed by atoms with van der Waals surface area (Å²) in [6.45, 7) is 1.45. The molecule has 0 bridgehead atoms. The number of rotatable bonds is 7. The summed E-state index contributed by atoms with van der Waals surface area (Å²) in [7, 11) is 2.98. The van der Waals surface area contributed by atoms with E-state index < -0.39 is 17.7 Å². The van der Waals surface area contributed by atoms with Crippen LogP contribution in [0.25, 0.3) is 0 Å². The van der Waals surface area contributed by atoms with E-state index in [2.05, 4.69) is 0 Å². The lowest BCUT2D eigenvalue weighted by molar-refractivity contribution is -0.133. The van der Waals surface area contributed by atoms with Gasteiger partial charge in [0.05, 0.1) is 18.1 Å². The number of carbonyl (C=O) groups is 2. The number of piperazine rings is 1. The number of ether oxygens (including phenoxy) is 2. The highest BCUT2D eigenvalue weighted by Crippen LogP contribution is 2.31. The summed E-state index contributed by atoms with van der Waals surface area (Å²) in [5.74, 6) is -1.39. The molecular formula is C23H26F2IN3O4. The summed E-state index contributed by atoms with van der Waals surface area (Å²) >= 11 is 2.04. The number of hydrogen-bond acceptors (Lipinski definition) is 5. The van der Waals surface area contributed by atoms with Gasteiger partial charge in [-0.05, 0) is 29.8 Å². The molecule has 33 heavy (non-hydrogen) atoms. The number of amides is 2. The molecule has 0 radical (unpaired) electrons. The van der Waals surface area contributed by atoms with Crippen molar-refractivity contribution < 1.29 is 27.8 Å². The zero-order valence-corrected chi connectivity index (χ0v) is 20.6. The molecule has 0 aromatic heterocycles. The van der Waals surface area contributed by atoms with Gasteiger partial charge in [0.2, 0.25) is 5.91 Å². The third kappa shape index (κ3) is 5.72. The molecule has 0 aliphatic carbocycles. The average Bonchev–Trinajstić information content (AvgIpc) is 2.84. The highest BCUT2D eigenvalue weighted by molar-refractivity contribution is 14.1. The lowest BCUT2D eigenvalue weighted by Gasteiger charge is -2.36. The molecule has 0 saturated carbocycles. The van der Waals surface area contributed by atoms with Crippen LogP contribution in [0.5, 0.6) is 11.5 Å². The standard InChI is InChI=1S/C23H26F2IN3O4/c1-32-18-4-3-5-19(33-2)21(18)23(31)29-10-8-28(9-11-29)20(30)13-17(27)22(26)14-6-7-15(24)16(25)12-14/h3-7,12,17,22H,8-11,13,27H2,1-2H3/t17-,22?/m1/s1. The number of benzene rings is 2. The summed E-state index contributed by atoms with van der Waals surface area (Å²) in [6, 6.07) is 8.20. The van der Waals surface area contributed by atoms with Gasteiger partial charge >= 0.3 is 0 Å². The molecule has 10 heteroatoms. The Hall–Kier alpha value is -2.47. The molecule has 1 saturated heterocycles. The molecule has 1 unspecified atom stereocenters. The van der Waals surface area contributed by atoms with Crippen LogP contribution in [-0.2, 0) is 4.79 Å². The third-order valence-corrected chi connectivity index (χ3v) is 7.25. The number of nitrogens with two attached hydrogens (primary N) is 1. The van der Waals surface area contributed by atoms with Crippen LogP contribution in [0.2, 0.25) is 0 Å². The predicted octanol–water partition coefficient (Wildman–Crippen LogP) is 3.16. The van der Waals surface area contributed by atoms with Crippen molar-refractivity contribution in [3.05, 3.63) is 59.2 Å². The fraction of sp³-hybridized carbons (Fsp3) is 0.391.